The zero-order valence-electron chi connectivity index (χ0n) is 6.75. The molecule has 4 nitrogen and oxygen atoms in total. The molecule has 4 N–H and O–H groups in total. The van der Waals surface area contributed by atoms with Gasteiger partial charge in [-0.25, -0.2) is 0 Å². The maximum absolute atomic E-state index is 9.21. The molecule has 1 heterocycles. The fraction of sp³-hybridized carbons (Fsp3) is 0.857. The summed E-state index contributed by atoms with van der Waals surface area (Å²) in [4.78, 5) is 1.79. The van der Waals surface area contributed by atoms with Gasteiger partial charge in [0.25, 0.3) is 0 Å². The summed E-state index contributed by atoms with van der Waals surface area (Å²) in [5.41, 5.74) is 5.29. The summed E-state index contributed by atoms with van der Waals surface area (Å²) in [6.07, 6.45) is 0.663. The Kier molecular flexibility index (Phi) is 2.34. The van der Waals surface area contributed by atoms with Crippen LogP contribution in [-0.2, 0) is 0 Å². The van der Waals surface area contributed by atoms with Crippen molar-refractivity contribution in [3.63, 3.8) is 0 Å². The SMILES string of the molecule is C[C@@H](O)[C@@H]1CCN(C(=N)N)C1. The summed E-state index contributed by atoms with van der Waals surface area (Å²) in [7, 11) is 0. The van der Waals surface area contributed by atoms with Crippen molar-refractivity contribution in [2.75, 3.05) is 13.1 Å². The average Bonchev–Trinajstić information content (AvgIpc) is 2.33. The molecule has 0 aromatic rings. The molecule has 0 aromatic carbocycles. The Hall–Kier alpha value is -0.770. The molecule has 1 rings (SSSR count). The first-order valence-corrected chi connectivity index (χ1v) is 3.88. The molecule has 0 saturated carbocycles. The first-order valence-electron chi connectivity index (χ1n) is 3.88. The fourth-order valence-electron chi connectivity index (χ4n) is 1.40. The Morgan fingerprint density at radius 2 is 2.45 bits per heavy atom. The first kappa shape index (κ1) is 8.33. The predicted octanol–water partition coefficient (Wildman–Crippen LogP) is -0.417. The number of rotatable bonds is 1. The van der Waals surface area contributed by atoms with Crippen molar-refractivity contribution in [2.45, 2.75) is 19.4 Å². The lowest BCUT2D eigenvalue weighted by molar-refractivity contribution is 0.132. The van der Waals surface area contributed by atoms with Crippen LogP contribution >= 0.6 is 0 Å². The van der Waals surface area contributed by atoms with Crippen LogP contribution in [0.2, 0.25) is 0 Å². The van der Waals surface area contributed by atoms with Gasteiger partial charge in [-0.2, -0.15) is 0 Å². The summed E-state index contributed by atoms with van der Waals surface area (Å²) in [6, 6.07) is 0. The minimum Gasteiger partial charge on any atom is -0.393 e. The van der Waals surface area contributed by atoms with Crippen molar-refractivity contribution in [3.8, 4) is 0 Å². The van der Waals surface area contributed by atoms with Gasteiger partial charge < -0.3 is 15.7 Å². The average molecular weight is 157 g/mol. The van der Waals surface area contributed by atoms with E-state index in [4.69, 9.17) is 11.1 Å². The van der Waals surface area contributed by atoms with Gasteiger partial charge in [0.2, 0.25) is 0 Å². The van der Waals surface area contributed by atoms with Crippen LogP contribution in [0.1, 0.15) is 13.3 Å². The topological polar surface area (TPSA) is 73.3 Å². The van der Waals surface area contributed by atoms with Crippen LogP contribution in [0.15, 0.2) is 0 Å². The van der Waals surface area contributed by atoms with Crippen molar-refractivity contribution in [3.05, 3.63) is 0 Å². The number of likely N-dealkylation sites (tertiary alicyclic amines) is 1. The van der Waals surface area contributed by atoms with Crippen molar-refractivity contribution >= 4 is 5.96 Å². The van der Waals surface area contributed by atoms with E-state index in [1.807, 2.05) is 0 Å². The van der Waals surface area contributed by atoms with Gasteiger partial charge in [0.1, 0.15) is 0 Å². The molecule has 0 bridgehead atoms. The maximum Gasteiger partial charge on any atom is 0.188 e. The molecule has 1 fully saturated rings. The lowest BCUT2D eigenvalue weighted by atomic mass is 10.0. The van der Waals surface area contributed by atoms with Gasteiger partial charge in [0.05, 0.1) is 6.10 Å². The maximum atomic E-state index is 9.21. The zero-order chi connectivity index (χ0) is 8.43. The largest absolute Gasteiger partial charge is 0.393 e. The molecule has 0 radical (unpaired) electrons. The van der Waals surface area contributed by atoms with Gasteiger partial charge in [0, 0.05) is 19.0 Å². The third-order valence-electron chi connectivity index (χ3n) is 2.25. The molecule has 1 aliphatic heterocycles. The molecule has 11 heavy (non-hydrogen) atoms. The number of nitrogens with one attached hydrogen (secondary N) is 1. The van der Waals surface area contributed by atoms with Crippen LogP contribution in [0.5, 0.6) is 0 Å². The van der Waals surface area contributed by atoms with Gasteiger partial charge in [-0.05, 0) is 13.3 Å². The van der Waals surface area contributed by atoms with E-state index < -0.39 is 0 Å². The monoisotopic (exact) mass is 157 g/mol. The molecule has 0 aliphatic carbocycles. The number of hydrogen-bond donors (Lipinski definition) is 3. The summed E-state index contributed by atoms with van der Waals surface area (Å²) < 4.78 is 0. The highest BCUT2D eigenvalue weighted by atomic mass is 16.3. The molecule has 0 unspecified atom stereocenters. The summed E-state index contributed by atoms with van der Waals surface area (Å²) in [5, 5.41) is 16.4. The lowest BCUT2D eigenvalue weighted by Gasteiger charge is -2.16. The number of nitrogens with two attached hydrogens (primary N) is 1. The molecule has 0 aromatic heterocycles. The molecule has 0 amide bonds. The fourth-order valence-corrected chi connectivity index (χ4v) is 1.40. The van der Waals surface area contributed by atoms with E-state index in [-0.39, 0.29) is 12.1 Å². The summed E-state index contributed by atoms with van der Waals surface area (Å²) >= 11 is 0. The number of aliphatic hydroxyl groups excluding tert-OH is 1. The van der Waals surface area contributed by atoms with Gasteiger partial charge in [-0.3, -0.25) is 5.41 Å². The Bertz CT molecular complexity index is 158. The second kappa shape index (κ2) is 3.09. The molecule has 1 saturated heterocycles. The highest BCUT2D eigenvalue weighted by molar-refractivity contribution is 5.74. The lowest BCUT2D eigenvalue weighted by Crippen LogP contribution is -2.35. The zero-order valence-corrected chi connectivity index (χ0v) is 6.75. The summed E-state index contributed by atoms with van der Waals surface area (Å²) in [6.45, 7) is 3.33. The van der Waals surface area contributed by atoms with Crippen molar-refractivity contribution in [1.82, 2.24) is 4.90 Å². The van der Waals surface area contributed by atoms with E-state index in [0.29, 0.717) is 5.92 Å². The molecular weight excluding hydrogens is 142 g/mol. The first-order chi connectivity index (χ1) is 5.11. The predicted molar refractivity (Wildman–Crippen MR) is 43.3 cm³/mol. The molecule has 2 atom stereocenters. The smallest absolute Gasteiger partial charge is 0.188 e. The van der Waals surface area contributed by atoms with Gasteiger partial charge in [0.15, 0.2) is 5.96 Å². The highest BCUT2D eigenvalue weighted by Gasteiger charge is 2.26. The Morgan fingerprint density at radius 1 is 1.82 bits per heavy atom. The van der Waals surface area contributed by atoms with E-state index in [1.165, 1.54) is 0 Å². The van der Waals surface area contributed by atoms with Crippen LogP contribution in [-0.4, -0.2) is 35.2 Å². The number of hydrogen-bond acceptors (Lipinski definition) is 2. The third-order valence-corrected chi connectivity index (χ3v) is 2.25. The minimum atomic E-state index is -0.278. The van der Waals surface area contributed by atoms with Gasteiger partial charge in [-0.15, -0.1) is 0 Å². The molecule has 1 aliphatic rings. The van der Waals surface area contributed by atoms with Crippen LogP contribution in [0, 0.1) is 11.3 Å². The normalized spacial score (nSPS) is 27.1. The van der Waals surface area contributed by atoms with Crippen molar-refractivity contribution in [2.24, 2.45) is 11.7 Å². The second-order valence-corrected chi connectivity index (χ2v) is 3.12. The second-order valence-electron chi connectivity index (χ2n) is 3.12. The van der Waals surface area contributed by atoms with Crippen molar-refractivity contribution < 1.29 is 5.11 Å². The van der Waals surface area contributed by atoms with Crippen molar-refractivity contribution in [1.29, 1.82) is 5.41 Å². The minimum absolute atomic E-state index is 0.119. The standard InChI is InChI=1S/C7H15N3O/c1-5(11)6-2-3-10(4-6)7(8)9/h5-6,11H,2-4H2,1H3,(H3,8,9)/t5-,6-/m1/s1. The molecule has 64 valence electrons. The molecule has 4 heteroatoms. The summed E-state index contributed by atoms with van der Waals surface area (Å²) in [5.74, 6) is 0.409. The Labute approximate surface area is 66.5 Å². The van der Waals surface area contributed by atoms with E-state index in [2.05, 4.69) is 0 Å². The van der Waals surface area contributed by atoms with Crippen LogP contribution in [0.4, 0.5) is 0 Å². The Morgan fingerprint density at radius 3 is 2.73 bits per heavy atom. The van der Waals surface area contributed by atoms with E-state index >= 15 is 0 Å². The third kappa shape index (κ3) is 1.83. The van der Waals surface area contributed by atoms with Gasteiger partial charge >= 0.3 is 0 Å². The van der Waals surface area contributed by atoms with E-state index in [9.17, 15) is 5.11 Å². The quantitative estimate of drug-likeness (QED) is 0.357. The van der Waals surface area contributed by atoms with E-state index in [0.717, 1.165) is 19.5 Å². The number of nitrogens with zero attached hydrogens (tertiary/aromatic N) is 1. The Balaban J connectivity index is 2.41. The molecule has 0 spiro atoms. The van der Waals surface area contributed by atoms with Crippen LogP contribution in [0.25, 0.3) is 0 Å². The van der Waals surface area contributed by atoms with Crippen LogP contribution < -0.4 is 5.73 Å². The molecular formula is C7H15N3O. The van der Waals surface area contributed by atoms with Gasteiger partial charge in [-0.1, -0.05) is 0 Å². The highest BCUT2D eigenvalue weighted by Crippen LogP contribution is 2.18. The van der Waals surface area contributed by atoms with E-state index in [1.54, 1.807) is 11.8 Å². The van der Waals surface area contributed by atoms with Crippen LogP contribution in [0.3, 0.4) is 0 Å². The number of guanidine groups is 1. The number of aliphatic hydroxyl groups is 1.